The van der Waals surface area contributed by atoms with E-state index in [0.717, 1.165) is 132 Å². The Hall–Kier alpha value is -6.62. The monoisotopic (exact) mass is 1020 g/mol. The van der Waals surface area contributed by atoms with Crippen LogP contribution in [0.15, 0.2) is 165 Å². The number of ether oxygens (including phenoxy) is 2. The molecule has 0 amide bonds. The molecule has 10 rings (SSSR count). The topological polar surface area (TPSA) is 131 Å². The second kappa shape index (κ2) is 23.5. The predicted molar refractivity (Wildman–Crippen MR) is 281 cm³/mol. The Bertz CT molecular complexity index is 2790. The number of hydrogen-bond acceptors (Lipinski definition) is 12. The van der Waals surface area contributed by atoms with Gasteiger partial charge < -0.3 is 34.5 Å². The fraction of sp³-hybridized carbons (Fsp3) is 0.276. The van der Waals surface area contributed by atoms with Crippen molar-refractivity contribution >= 4 is 69.8 Å². The quantitative estimate of drug-likeness (QED) is 0.0396. The van der Waals surface area contributed by atoms with Crippen molar-refractivity contribution in [2.24, 2.45) is 11.8 Å². The molecule has 2 N–H and O–H groups in total. The summed E-state index contributed by atoms with van der Waals surface area (Å²) < 4.78 is 39.0. The van der Waals surface area contributed by atoms with Crippen molar-refractivity contribution in [2.75, 3.05) is 62.2 Å². The number of carbonyl (C=O) groups is 4. The van der Waals surface area contributed by atoms with Crippen molar-refractivity contribution in [1.82, 2.24) is 9.80 Å². The molecule has 2 fully saturated rings. The van der Waals surface area contributed by atoms with Crippen LogP contribution in [0, 0.1) is 23.5 Å². The summed E-state index contributed by atoms with van der Waals surface area (Å²) in [6, 6.07) is 39.2. The van der Waals surface area contributed by atoms with Gasteiger partial charge in [0.25, 0.3) is 0 Å². The number of para-hydroxylation sites is 4. The maximum Gasteiger partial charge on any atom is 0.336 e. The standard InChI is InChI=1S/C58H54F2N4O6S2.H2O/c59-43-21-17-39(18-22-43)57(67)41-27-35-61(36-28-41)31-7-33-63-45-9-1-3-13-49(45)71-51-15-5-11-47(55(51)63)69-53(65)25-26-54(66)70-48-12-6-16-52-56(48)64(46-10-2-4-14-50(46)72-52)34-8-32-62-37-29-42(30-38-62)58(68)40-19-23-44(60)24-20-40;/h1-6,9-26,41-42H,7-8,27-38H2;1H2/b26-25+;. The molecule has 0 atom stereocenters. The van der Waals surface area contributed by atoms with Gasteiger partial charge in [0.15, 0.2) is 23.1 Å². The number of anilines is 4. The van der Waals surface area contributed by atoms with Crippen LogP contribution in [0.5, 0.6) is 11.5 Å². The Morgan fingerprint density at radius 2 is 0.849 bits per heavy atom. The summed E-state index contributed by atoms with van der Waals surface area (Å²) in [5, 5.41) is 0. The third-order valence-corrected chi connectivity index (χ3v) is 16.1. The molecule has 0 aromatic heterocycles. The number of benzene rings is 6. The summed E-state index contributed by atoms with van der Waals surface area (Å²) in [5.41, 5.74) is 4.70. The molecule has 15 heteroatoms. The van der Waals surface area contributed by atoms with E-state index in [9.17, 15) is 28.0 Å². The van der Waals surface area contributed by atoms with Gasteiger partial charge in [-0.1, -0.05) is 59.9 Å². The number of esters is 2. The summed E-state index contributed by atoms with van der Waals surface area (Å²) in [6.07, 6.45) is 6.84. The number of likely N-dealkylation sites (tertiary alicyclic amines) is 2. The molecule has 0 bridgehead atoms. The highest BCUT2D eigenvalue weighted by Crippen LogP contribution is 2.53. The van der Waals surface area contributed by atoms with E-state index < -0.39 is 11.9 Å². The van der Waals surface area contributed by atoms with Gasteiger partial charge in [0, 0.05) is 67.8 Å². The fourth-order valence-corrected chi connectivity index (χ4v) is 12.4. The first-order chi connectivity index (χ1) is 35.1. The molecular weight excluding hydrogens is 967 g/mol. The number of rotatable bonds is 16. The summed E-state index contributed by atoms with van der Waals surface area (Å²) in [4.78, 5) is 66.6. The average molecular weight is 1020 g/mol. The Kier molecular flexibility index (Phi) is 16.5. The van der Waals surface area contributed by atoms with E-state index in [2.05, 4.69) is 43.9 Å². The summed E-state index contributed by atoms with van der Waals surface area (Å²) in [7, 11) is 0. The maximum absolute atomic E-state index is 13.6. The van der Waals surface area contributed by atoms with Crippen LogP contribution in [-0.4, -0.2) is 91.1 Å². The molecule has 0 radical (unpaired) electrons. The van der Waals surface area contributed by atoms with Gasteiger partial charge in [-0.2, -0.15) is 0 Å². The van der Waals surface area contributed by atoms with Gasteiger partial charge in [-0.15, -0.1) is 0 Å². The number of fused-ring (bicyclic) bond motifs is 4. The molecule has 0 aliphatic carbocycles. The summed E-state index contributed by atoms with van der Waals surface area (Å²) >= 11 is 3.23. The molecule has 2 saturated heterocycles. The smallest absolute Gasteiger partial charge is 0.336 e. The molecule has 0 spiro atoms. The Labute approximate surface area is 432 Å². The third kappa shape index (κ3) is 11.9. The predicted octanol–water partition coefficient (Wildman–Crippen LogP) is 11.4. The van der Waals surface area contributed by atoms with E-state index in [1.165, 1.54) is 24.3 Å². The molecule has 4 heterocycles. The van der Waals surface area contributed by atoms with Gasteiger partial charge >= 0.3 is 11.9 Å². The Morgan fingerprint density at radius 1 is 0.479 bits per heavy atom. The van der Waals surface area contributed by atoms with Gasteiger partial charge in [0.2, 0.25) is 0 Å². The number of halogens is 2. The van der Waals surface area contributed by atoms with E-state index in [4.69, 9.17) is 9.47 Å². The maximum atomic E-state index is 13.6. The zero-order chi connectivity index (χ0) is 49.6. The highest BCUT2D eigenvalue weighted by Gasteiger charge is 2.31. The number of ketones is 2. The van der Waals surface area contributed by atoms with Crippen LogP contribution >= 0.6 is 23.5 Å². The van der Waals surface area contributed by atoms with E-state index >= 15 is 0 Å². The molecule has 376 valence electrons. The van der Waals surface area contributed by atoms with E-state index in [-0.39, 0.29) is 40.5 Å². The van der Waals surface area contributed by atoms with Crippen LogP contribution in [-0.2, 0) is 9.59 Å². The van der Waals surface area contributed by atoms with Crippen LogP contribution in [0.1, 0.15) is 59.2 Å². The molecule has 6 aromatic carbocycles. The Balaban J connectivity index is 0.00000656. The number of carbonyl (C=O) groups excluding carboxylic acids is 4. The lowest BCUT2D eigenvalue weighted by Gasteiger charge is -2.35. The van der Waals surface area contributed by atoms with Crippen LogP contribution < -0.4 is 19.3 Å². The first-order valence-corrected chi connectivity index (χ1v) is 26.3. The van der Waals surface area contributed by atoms with Crippen LogP contribution in [0.2, 0.25) is 0 Å². The van der Waals surface area contributed by atoms with Crippen LogP contribution in [0.3, 0.4) is 0 Å². The van der Waals surface area contributed by atoms with Crippen molar-refractivity contribution in [3.8, 4) is 11.5 Å². The zero-order valence-corrected chi connectivity index (χ0v) is 41.9. The molecule has 0 saturated carbocycles. The molecule has 11 nitrogen and oxygen atoms in total. The summed E-state index contributed by atoms with van der Waals surface area (Å²) in [6.45, 7) is 6.13. The molecule has 4 aliphatic rings. The van der Waals surface area contributed by atoms with Crippen molar-refractivity contribution in [3.63, 3.8) is 0 Å². The van der Waals surface area contributed by atoms with E-state index in [1.807, 2.05) is 48.5 Å². The Morgan fingerprint density at radius 3 is 1.25 bits per heavy atom. The van der Waals surface area contributed by atoms with Crippen LogP contribution in [0.25, 0.3) is 0 Å². The number of Topliss-reactive ketones (excluding diaryl/α,β-unsaturated/α-hetero) is 2. The zero-order valence-electron chi connectivity index (χ0n) is 40.2. The summed E-state index contributed by atoms with van der Waals surface area (Å²) in [5.74, 6) is -1.39. The SMILES string of the molecule is O.O=C(/C=C/C(=O)Oc1cccc2c1N(CCCN1CCC(C(=O)c3ccc(F)cc3)CC1)c1ccccc1S2)Oc1cccc2c1N(CCCN1CCC(C(=O)c3ccc(F)cc3)CC1)c1ccccc1S2. The number of piperidine rings is 2. The minimum absolute atomic E-state index is 0. The lowest BCUT2D eigenvalue weighted by Crippen LogP contribution is -2.38. The van der Waals surface area contributed by atoms with E-state index in [1.54, 1.807) is 59.9 Å². The minimum Gasteiger partial charge on any atom is -0.421 e. The number of hydrogen-bond donors (Lipinski definition) is 0. The van der Waals surface area contributed by atoms with Gasteiger partial charge in [0.1, 0.15) is 11.6 Å². The lowest BCUT2D eigenvalue weighted by atomic mass is 9.89. The molecular formula is C58H56F2N4O7S2. The van der Waals surface area contributed by atoms with Crippen molar-refractivity contribution < 1.29 is 42.9 Å². The van der Waals surface area contributed by atoms with Crippen molar-refractivity contribution in [1.29, 1.82) is 0 Å². The lowest BCUT2D eigenvalue weighted by molar-refractivity contribution is -0.131. The first kappa shape index (κ1) is 51.3. The molecule has 6 aromatic rings. The first-order valence-electron chi connectivity index (χ1n) is 24.7. The molecule has 4 aliphatic heterocycles. The molecule has 0 unspecified atom stereocenters. The van der Waals surface area contributed by atoms with Crippen LogP contribution in [0.4, 0.5) is 31.5 Å². The number of nitrogens with zero attached hydrogens (tertiary/aromatic N) is 4. The van der Waals surface area contributed by atoms with Crippen molar-refractivity contribution in [2.45, 2.75) is 58.1 Å². The average Bonchev–Trinajstić information content (AvgIpc) is 3.40. The van der Waals surface area contributed by atoms with Gasteiger partial charge in [-0.3, -0.25) is 9.59 Å². The van der Waals surface area contributed by atoms with Gasteiger partial charge in [-0.25, -0.2) is 18.4 Å². The highest BCUT2D eigenvalue weighted by atomic mass is 32.2. The van der Waals surface area contributed by atoms with E-state index in [0.29, 0.717) is 35.7 Å². The third-order valence-electron chi connectivity index (χ3n) is 13.9. The van der Waals surface area contributed by atoms with Gasteiger partial charge in [0.05, 0.1) is 22.7 Å². The fourth-order valence-electron chi connectivity index (χ4n) is 10.2. The van der Waals surface area contributed by atoms with Gasteiger partial charge in [-0.05, 0) is 175 Å². The molecule has 73 heavy (non-hydrogen) atoms. The van der Waals surface area contributed by atoms with Crippen molar-refractivity contribution in [3.05, 3.63) is 168 Å². The normalized spacial score (nSPS) is 15.9. The second-order valence-corrected chi connectivity index (χ2v) is 20.7. The minimum atomic E-state index is -0.715. The largest absolute Gasteiger partial charge is 0.421 e. The second-order valence-electron chi connectivity index (χ2n) is 18.5. The highest BCUT2D eigenvalue weighted by molar-refractivity contribution is 8.00.